The summed E-state index contributed by atoms with van der Waals surface area (Å²) in [6, 6.07) is 9.15. The average molecular weight is 439 g/mol. The zero-order chi connectivity index (χ0) is 22.1. The van der Waals surface area contributed by atoms with Gasteiger partial charge < -0.3 is 14.8 Å². The second-order valence-electron chi connectivity index (χ2n) is 7.43. The highest BCUT2D eigenvalue weighted by atomic mass is 32.1. The van der Waals surface area contributed by atoms with E-state index >= 15 is 0 Å². The van der Waals surface area contributed by atoms with Crippen LogP contribution in [0.2, 0.25) is 0 Å². The molecule has 0 aromatic carbocycles. The number of rotatable bonds is 4. The summed E-state index contributed by atoms with van der Waals surface area (Å²) in [5.74, 6) is -3.55. The van der Waals surface area contributed by atoms with Crippen LogP contribution in [0.25, 0.3) is 0 Å². The molecule has 8 heteroatoms. The molecule has 1 aliphatic heterocycles. The van der Waals surface area contributed by atoms with E-state index in [9.17, 15) is 14.4 Å². The minimum atomic E-state index is -0.993. The summed E-state index contributed by atoms with van der Waals surface area (Å²) in [5.41, 5.74) is 2.53. The first-order valence-corrected chi connectivity index (χ1v) is 10.7. The second-order valence-corrected chi connectivity index (χ2v) is 8.41. The maximum atomic E-state index is 13.8. The predicted octanol–water partition coefficient (Wildman–Crippen LogP) is 3.08. The molecule has 0 bridgehead atoms. The van der Waals surface area contributed by atoms with Crippen molar-refractivity contribution in [1.29, 1.82) is 0 Å². The number of carbonyl (C=O) groups excluding carboxylic acids is 3. The standard InChI is InChI=1S/C23H22N2O5S/c1-12-17(22(27)29-2)19(14-7-4-5-9-24-14)20-15(25-12)11-13(16-8-6-10-31-16)18(21(20)26)23(28)30-3/h4-10,13,18-19,25H,11H2,1-3H3/t13-,18-,19-/m1/s1. The van der Waals surface area contributed by atoms with Crippen LogP contribution in [0.4, 0.5) is 0 Å². The lowest BCUT2D eigenvalue weighted by Gasteiger charge is -2.38. The van der Waals surface area contributed by atoms with Crippen LogP contribution in [0.3, 0.4) is 0 Å². The van der Waals surface area contributed by atoms with Gasteiger partial charge in [0, 0.05) is 34.0 Å². The first-order valence-electron chi connectivity index (χ1n) is 9.83. The van der Waals surface area contributed by atoms with Crippen LogP contribution in [0.15, 0.2) is 64.4 Å². The number of aromatic nitrogens is 1. The molecule has 0 radical (unpaired) electrons. The quantitative estimate of drug-likeness (QED) is 0.579. The Morgan fingerprint density at radius 1 is 1.16 bits per heavy atom. The Balaban J connectivity index is 1.90. The van der Waals surface area contributed by atoms with Gasteiger partial charge in [0.1, 0.15) is 5.92 Å². The van der Waals surface area contributed by atoms with Crippen molar-refractivity contribution in [3.63, 3.8) is 0 Å². The predicted molar refractivity (Wildman–Crippen MR) is 114 cm³/mol. The Morgan fingerprint density at radius 2 is 1.97 bits per heavy atom. The minimum Gasteiger partial charge on any atom is -0.468 e. The second kappa shape index (κ2) is 8.47. The highest BCUT2D eigenvalue weighted by molar-refractivity contribution is 7.10. The van der Waals surface area contributed by atoms with Crippen molar-refractivity contribution in [2.45, 2.75) is 25.2 Å². The van der Waals surface area contributed by atoms with Gasteiger partial charge in [-0.1, -0.05) is 12.1 Å². The molecule has 31 heavy (non-hydrogen) atoms. The number of thiophene rings is 1. The number of hydrogen-bond donors (Lipinski definition) is 1. The summed E-state index contributed by atoms with van der Waals surface area (Å²) >= 11 is 1.50. The van der Waals surface area contributed by atoms with Crippen LogP contribution in [-0.4, -0.2) is 36.9 Å². The zero-order valence-electron chi connectivity index (χ0n) is 17.4. The number of Topliss-reactive ketones (excluding diaryl/α,β-unsaturated/α-hetero) is 1. The van der Waals surface area contributed by atoms with Gasteiger partial charge in [0.2, 0.25) is 0 Å². The monoisotopic (exact) mass is 438 g/mol. The van der Waals surface area contributed by atoms with Crippen molar-refractivity contribution in [3.05, 3.63) is 75.0 Å². The van der Waals surface area contributed by atoms with Gasteiger partial charge in [0.25, 0.3) is 0 Å². The number of ketones is 1. The van der Waals surface area contributed by atoms with Crippen LogP contribution in [0, 0.1) is 5.92 Å². The van der Waals surface area contributed by atoms with Crippen molar-refractivity contribution in [3.8, 4) is 0 Å². The van der Waals surface area contributed by atoms with Crippen molar-refractivity contribution in [2.24, 2.45) is 5.92 Å². The van der Waals surface area contributed by atoms with Crippen molar-refractivity contribution >= 4 is 29.1 Å². The molecule has 2 aromatic heterocycles. The molecular weight excluding hydrogens is 416 g/mol. The van der Waals surface area contributed by atoms with Crippen molar-refractivity contribution in [1.82, 2.24) is 10.3 Å². The normalized spacial score (nSPS) is 23.2. The molecule has 0 fully saturated rings. The number of allylic oxidation sites excluding steroid dienone is 3. The molecule has 2 aliphatic rings. The maximum absolute atomic E-state index is 13.8. The molecule has 1 aliphatic carbocycles. The van der Waals surface area contributed by atoms with Crippen LogP contribution in [-0.2, 0) is 23.9 Å². The molecule has 2 aromatic rings. The highest BCUT2D eigenvalue weighted by Gasteiger charge is 2.49. The lowest BCUT2D eigenvalue weighted by atomic mass is 9.69. The first kappa shape index (κ1) is 21.0. The van der Waals surface area contributed by atoms with E-state index in [0.717, 1.165) is 4.88 Å². The molecule has 1 N–H and O–H groups in total. The smallest absolute Gasteiger partial charge is 0.336 e. The minimum absolute atomic E-state index is 0.312. The molecule has 0 amide bonds. The van der Waals surface area contributed by atoms with E-state index < -0.39 is 23.8 Å². The van der Waals surface area contributed by atoms with Gasteiger partial charge in [-0.25, -0.2) is 4.79 Å². The fourth-order valence-corrected chi connectivity index (χ4v) is 5.29. The lowest BCUT2D eigenvalue weighted by molar-refractivity contribution is -0.149. The van der Waals surface area contributed by atoms with E-state index in [1.165, 1.54) is 25.6 Å². The number of dihydropyridines is 1. The van der Waals surface area contributed by atoms with Gasteiger partial charge in [-0.3, -0.25) is 14.6 Å². The van der Waals surface area contributed by atoms with E-state index in [1.807, 2.05) is 17.5 Å². The summed E-state index contributed by atoms with van der Waals surface area (Å²) in [6.45, 7) is 1.78. The number of carbonyl (C=O) groups is 3. The molecule has 160 valence electrons. The van der Waals surface area contributed by atoms with Gasteiger partial charge in [-0.15, -0.1) is 11.3 Å². The van der Waals surface area contributed by atoms with Crippen LogP contribution < -0.4 is 5.32 Å². The number of hydrogen-bond acceptors (Lipinski definition) is 8. The van der Waals surface area contributed by atoms with Crippen molar-refractivity contribution < 1.29 is 23.9 Å². The summed E-state index contributed by atoms with van der Waals surface area (Å²) in [4.78, 5) is 44.6. The van der Waals surface area contributed by atoms with Gasteiger partial charge >= 0.3 is 11.9 Å². The third kappa shape index (κ3) is 3.57. The Kier molecular flexibility index (Phi) is 5.73. The SMILES string of the molecule is COC(=O)C1=C(C)NC2=C(C(=O)[C@H](C(=O)OC)[C@@H](c3cccs3)C2)[C@@H]1c1ccccn1. The zero-order valence-corrected chi connectivity index (χ0v) is 18.2. The van der Waals surface area contributed by atoms with Gasteiger partial charge in [-0.2, -0.15) is 0 Å². The fourth-order valence-electron chi connectivity index (χ4n) is 4.42. The summed E-state index contributed by atoms with van der Waals surface area (Å²) in [5, 5.41) is 5.17. The molecule has 0 saturated carbocycles. The Bertz CT molecular complexity index is 1090. The summed E-state index contributed by atoms with van der Waals surface area (Å²) in [7, 11) is 2.58. The van der Waals surface area contributed by atoms with E-state index in [1.54, 1.807) is 31.3 Å². The van der Waals surface area contributed by atoms with Crippen LogP contribution >= 0.6 is 11.3 Å². The third-order valence-corrected chi connectivity index (χ3v) is 6.78. The Morgan fingerprint density at radius 3 is 2.58 bits per heavy atom. The van der Waals surface area contributed by atoms with E-state index in [-0.39, 0.29) is 11.7 Å². The molecule has 0 saturated heterocycles. The molecule has 3 heterocycles. The van der Waals surface area contributed by atoms with Gasteiger partial charge in [0.05, 0.1) is 31.4 Å². The van der Waals surface area contributed by atoms with Gasteiger partial charge in [0.15, 0.2) is 5.78 Å². The number of nitrogens with zero attached hydrogens (tertiary/aromatic N) is 1. The molecule has 0 spiro atoms. The van der Waals surface area contributed by atoms with E-state index in [0.29, 0.717) is 34.7 Å². The number of nitrogens with one attached hydrogen (secondary N) is 1. The van der Waals surface area contributed by atoms with E-state index in [2.05, 4.69) is 10.3 Å². The Labute approximate surface area is 183 Å². The third-order valence-electron chi connectivity index (χ3n) is 5.77. The lowest BCUT2D eigenvalue weighted by Crippen LogP contribution is -2.43. The van der Waals surface area contributed by atoms with Gasteiger partial charge in [-0.05, 0) is 36.9 Å². The summed E-state index contributed by atoms with van der Waals surface area (Å²) < 4.78 is 10.0. The van der Waals surface area contributed by atoms with Crippen molar-refractivity contribution in [2.75, 3.05) is 14.2 Å². The molecule has 0 unspecified atom stereocenters. The number of methoxy groups -OCH3 is 2. The highest BCUT2D eigenvalue weighted by Crippen LogP contribution is 2.48. The Hall–Kier alpha value is -3.26. The van der Waals surface area contributed by atoms with E-state index in [4.69, 9.17) is 9.47 Å². The first-order chi connectivity index (χ1) is 15.0. The molecule has 3 atom stereocenters. The van der Waals surface area contributed by atoms with Crippen LogP contribution in [0.1, 0.15) is 35.8 Å². The number of esters is 2. The average Bonchev–Trinajstić information content (AvgIpc) is 3.32. The fraction of sp³-hybridized carbons (Fsp3) is 0.304. The number of pyridine rings is 1. The topological polar surface area (TPSA) is 94.6 Å². The number of ether oxygens (including phenoxy) is 2. The van der Waals surface area contributed by atoms with Crippen LogP contribution in [0.5, 0.6) is 0 Å². The maximum Gasteiger partial charge on any atom is 0.336 e. The molecule has 7 nitrogen and oxygen atoms in total. The largest absolute Gasteiger partial charge is 0.468 e. The summed E-state index contributed by atoms with van der Waals surface area (Å²) in [6.07, 6.45) is 2.05. The molecule has 4 rings (SSSR count). The molecular formula is C23H22N2O5S.